The summed E-state index contributed by atoms with van der Waals surface area (Å²) in [4.78, 5) is 117. The number of hydrogen-bond acceptors (Lipinski definition) is 13. The molecule has 0 spiro atoms. The lowest BCUT2D eigenvalue weighted by Crippen LogP contribution is -2.60. The van der Waals surface area contributed by atoms with E-state index in [9.17, 15) is 48.6 Å². The molecule has 2 bridgehead atoms. The SMILES string of the molecule is CC=C1NC(=O)C2CSC(=N2)C2CCCN2C(=O)C(CC(C)C)NC(=O)C(C)NC(=O)C(O)COC(=O)C(C(C)C)N(C)C(=O)C(C(C)O)NC(=O)C2CCCN2C1=O. The number of rotatable bonds is 4. The number of aliphatic hydroxyl groups excluding tert-OH is 2. The summed E-state index contributed by atoms with van der Waals surface area (Å²) in [6.45, 7) is 11.0. The minimum Gasteiger partial charge on any atom is -0.461 e. The first-order chi connectivity index (χ1) is 27.8. The standard InChI is InChI=1S/C39H60N8O11S/c1-9-23-36(54)46-14-10-12-26(46)33(52)44-29(22(7)48)38(56)45(8)30(20(4)5)39(57)58-17-28(49)34(53)40-21(6)31(50)42-24(16-19(2)3)37(55)47-15-11-13-27(47)35-43-25(18-59-35)32(51)41-23/h9,19-22,24-30,48-49H,10-18H2,1-8H3,(H,40,53)(H,41,51)(H,42,50)(H,44,52). The van der Waals surface area contributed by atoms with Gasteiger partial charge in [-0.15, -0.1) is 11.8 Å². The van der Waals surface area contributed by atoms with E-state index in [0.29, 0.717) is 30.9 Å². The number of hydrogen-bond donors (Lipinski definition) is 6. The third kappa shape index (κ3) is 11.4. The van der Waals surface area contributed by atoms with Gasteiger partial charge in [0.05, 0.1) is 17.2 Å². The molecule has 4 aliphatic rings. The lowest BCUT2D eigenvalue weighted by atomic mass is 10.0. The fourth-order valence-corrected chi connectivity index (χ4v) is 8.85. The third-order valence-corrected chi connectivity index (χ3v) is 12.0. The van der Waals surface area contributed by atoms with Gasteiger partial charge in [0.2, 0.25) is 29.5 Å². The molecule has 4 aliphatic heterocycles. The first-order valence-corrected chi connectivity index (χ1v) is 21.2. The highest BCUT2D eigenvalue weighted by Gasteiger charge is 2.43. The second-order valence-corrected chi connectivity index (χ2v) is 17.3. The van der Waals surface area contributed by atoms with Crippen LogP contribution in [-0.4, -0.2) is 164 Å². The lowest BCUT2D eigenvalue weighted by molar-refractivity contribution is -0.161. The van der Waals surface area contributed by atoms with Gasteiger partial charge in [0.1, 0.15) is 48.6 Å². The summed E-state index contributed by atoms with van der Waals surface area (Å²) in [5, 5.41) is 32.2. The van der Waals surface area contributed by atoms with Crippen molar-refractivity contribution in [2.45, 2.75) is 135 Å². The van der Waals surface area contributed by atoms with Gasteiger partial charge in [-0.25, -0.2) is 4.79 Å². The molecule has 6 N–H and O–H groups in total. The monoisotopic (exact) mass is 848 g/mol. The van der Waals surface area contributed by atoms with Crippen molar-refractivity contribution in [1.82, 2.24) is 36.0 Å². The molecule has 2 saturated heterocycles. The zero-order valence-corrected chi connectivity index (χ0v) is 35.9. The Labute approximate surface area is 348 Å². The maximum Gasteiger partial charge on any atom is 0.329 e. The molecule has 4 heterocycles. The van der Waals surface area contributed by atoms with E-state index in [4.69, 9.17) is 4.74 Å². The number of esters is 1. The maximum absolute atomic E-state index is 14.1. The molecule has 4 rings (SSSR count). The van der Waals surface area contributed by atoms with E-state index in [2.05, 4.69) is 26.3 Å². The van der Waals surface area contributed by atoms with Crippen LogP contribution in [0.25, 0.3) is 0 Å². The van der Waals surface area contributed by atoms with Crippen molar-refractivity contribution in [2.24, 2.45) is 16.8 Å². The molecule has 9 atom stereocenters. The van der Waals surface area contributed by atoms with Crippen LogP contribution < -0.4 is 21.3 Å². The van der Waals surface area contributed by atoms with Gasteiger partial charge < -0.3 is 50.9 Å². The topological polar surface area (TPSA) is 256 Å². The number of amides is 7. The van der Waals surface area contributed by atoms with Crippen LogP contribution in [0.3, 0.4) is 0 Å². The van der Waals surface area contributed by atoms with E-state index in [1.54, 1.807) is 25.7 Å². The Balaban J connectivity index is 1.66. The smallest absolute Gasteiger partial charge is 0.329 e. The molecule has 0 saturated carbocycles. The molecule has 7 amide bonds. The normalized spacial score (nSPS) is 31.6. The van der Waals surface area contributed by atoms with E-state index < -0.39 is 108 Å². The number of nitrogens with one attached hydrogen (secondary N) is 4. The second kappa shape index (κ2) is 20.6. The van der Waals surface area contributed by atoms with Crippen LogP contribution in [0.5, 0.6) is 0 Å². The molecular formula is C39H60N8O11S. The molecule has 19 nitrogen and oxygen atoms in total. The number of aliphatic imine (C=N–C) groups is 1. The van der Waals surface area contributed by atoms with Crippen LogP contribution in [0.1, 0.15) is 80.6 Å². The van der Waals surface area contributed by atoms with Crippen LogP contribution >= 0.6 is 11.8 Å². The highest BCUT2D eigenvalue weighted by atomic mass is 32.2. The summed E-state index contributed by atoms with van der Waals surface area (Å²) in [5.74, 6) is -6.15. The first kappa shape index (κ1) is 47.1. The number of carbonyl (C=O) groups excluding carboxylic acids is 8. The van der Waals surface area contributed by atoms with Crippen molar-refractivity contribution >= 4 is 64.1 Å². The van der Waals surface area contributed by atoms with Gasteiger partial charge in [-0.1, -0.05) is 33.8 Å². The fourth-order valence-electron chi connectivity index (χ4n) is 7.66. The minimum absolute atomic E-state index is 0.0114. The zero-order valence-electron chi connectivity index (χ0n) is 35.1. The highest BCUT2D eigenvalue weighted by molar-refractivity contribution is 8.14. The maximum atomic E-state index is 14.1. The van der Waals surface area contributed by atoms with E-state index in [0.717, 1.165) is 4.90 Å². The number of fused-ring (bicyclic) bond motifs is 4. The predicted molar refractivity (Wildman–Crippen MR) is 216 cm³/mol. The molecule has 0 aromatic heterocycles. The van der Waals surface area contributed by atoms with Gasteiger partial charge in [-0.2, -0.15) is 0 Å². The molecule has 0 aromatic carbocycles. The van der Waals surface area contributed by atoms with Gasteiger partial charge >= 0.3 is 5.97 Å². The van der Waals surface area contributed by atoms with Crippen LogP contribution in [0, 0.1) is 11.8 Å². The van der Waals surface area contributed by atoms with Crippen LogP contribution in [0.15, 0.2) is 16.8 Å². The van der Waals surface area contributed by atoms with E-state index in [1.807, 2.05) is 13.8 Å². The summed E-state index contributed by atoms with van der Waals surface area (Å²) in [6, 6.07) is -7.40. The third-order valence-electron chi connectivity index (χ3n) is 10.8. The highest BCUT2D eigenvalue weighted by Crippen LogP contribution is 2.30. The summed E-state index contributed by atoms with van der Waals surface area (Å²) in [5.41, 5.74) is -0.0711. The summed E-state index contributed by atoms with van der Waals surface area (Å²) in [6.07, 6.45) is 0.271. The molecular weight excluding hydrogens is 789 g/mol. The lowest BCUT2D eigenvalue weighted by Gasteiger charge is -2.34. The Morgan fingerprint density at radius 3 is 2.12 bits per heavy atom. The first-order valence-electron chi connectivity index (χ1n) is 20.3. The fraction of sp³-hybridized carbons (Fsp3) is 0.718. The van der Waals surface area contributed by atoms with E-state index >= 15 is 0 Å². The Morgan fingerprint density at radius 2 is 1.51 bits per heavy atom. The van der Waals surface area contributed by atoms with Gasteiger partial charge in [-0.05, 0) is 64.7 Å². The van der Waals surface area contributed by atoms with Gasteiger partial charge in [0.25, 0.3) is 11.8 Å². The Morgan fingerprint density at radius 1 is 0.864 bits per heavy atom. The number of allylic oxidation sites excluding steroid dienone is 1. The van der Waals surface area contributed by atoms with Crippen molar-refractivity contribution in [3.05, 3.63) is 11.8 Å². The van der Waals surface area contributed by atoms with Gasteiger partial charge in [0.15, 0.2) is 6.10 Å². The average molecular weight is 849 g/mol. The van der Waals surface area contributed by atoms with E-state index in [1.165, 1.54) is 43.6 Å². The minimum atomic E-state index is -1.91. The van der Waals surface area contributed by atoms with Gasteiger partial charge in [0, 0.05) is 25.9 Å². The molecule has 20 heteroatoms. The van der Waals surface area contributed by atoms with E-state index in [-0.39, 0.29) is 42.7 Å². The Bertz CT molecular complexity index is 1700. The molecule has 328 valence electrons. The van der Waals surface area contributed by atoms with Crippen molar-refractivity contribution in [3.63, 3.8) is 0 Å². The number of aliphatic hydroxyl groups is 2. The zero-order chi connectivity index (χ0) is 43.9. The quantitative estimate of drug-likeness (QED) is 0.144. The second-order valence-electron chi connectivity index (χ2n) is 16.3. The molecule has 9 unspecified atom stereocenters. The molecule has 0 radical (unpaired) electrons. The average Bonchev–Trinajstić information content (AvgIpc) is 3.97. The largest absolute Gasteiger partial charge is 0.461 e. The number of thioether (sulfide) groups is 1. The Kier molecular flexibility index (Phi) is 16.5. The van der Waals surface area contributed by atoms with Crippen LogP contribution in [-0.2, 0) is 43.1 Å². The van der Waals surface area contributed by atoms with Gasteiger partial charge in [-0.3, -0.25) is 38.6 Å². The van der Waals surface area contributed by atoms with Crippen molar-refractivity contribution < 1.29 is 53.3 Å². The summed E-state index contributed by atoms with van der Waals surface area (Å²) >= 11 is 1.33. The molecule has 2 fully saturated rings. The number of nitrogens with zero attached hydrogens (tertiary/aromatic N) is 4. The molecule has 59 heavy (non-hydrogen) atoms. The van der Waals surface area contributed by atoms with Crippen LogP contribution in [0.4, 0.5) is 0 Å². The van der Waals surface area contributed by atoms with Crippen molar-refractivity contribution in [2.75, 3.05) is 32.5 Å². The summed E-state index contributed by atoms with van der Waals surface area (Å²) in [7, 11) is 1.28. The Hall–Kier alpha value is -4.56. The van der Waals surface area contributed by atoms with Crippen LogP contribution in [0.2, 0.25) is 0 Å². The van der Waals surface area contributed by atoms with Crippen molar-refractivity contribution in [1.29, 1.82) is 0 Å². The number of cyclic esters (lactones) is 1. The molecule has 0 aromatic rings. The van der Waals surface area contributed by atoms with Crippen molar-refractivity contribution in [3.8, 4) is 0 Å². The predicted octanol–water partition coefficient (Wildman–Crippen LogP) is -1.20. The number of carbonyl (C=O) groups is 8. The molecule has 0 aliphatic carbocycles. The summed E-state index contributed by atoms with van der Waals surface area (Å²) < 4.78 is 5.27. The number of ether oxygens (including phenoxy) is 1. The number of likely N-dealkylation sites (N-methyl/N-ethyl adjacent to an activating group) is 1.